The third-order valence-corrected chi connectivity index (χ3v) is 6.21. The Hall–Kier alpha value is -3.48. The summed E-state index contributed by atoms with van der Waals surface area (Å²) in [5.74, 6) is 0.945. The van der Waals surface area contributed by atoms with Gasteiger partial charge in [0.15, 0.2) is 0 Å². The van der Waals surface area contributed by atoms with Crippen LogP contribution in [0.2, 0.25) is 0 Å². The normalized spacial score (nSPS) is 14.8. The van der Waals surface area contributed by atoms with E-state index in [9.17, 15) is 4.79 Å². The van der Waals surface area contributed by atoms with Crippen molar-refractivity contribution in [1.29, 1.82) is 0 Å². The average molecular weight is 398 g/mol. The van der Waals surface area contributed by atoms with Gasteiger partial charge >= 0.3 is 0 Å². The van der Waals surface area contributed by atoms with Crippen molar-refractivity contribution in [2.45, 2.75) is 44.9 Å². The Morgan fingerprint density at radius 2 is 1.83 bits per heavy atom. The molecule has 0 atom stereocenters. The highest BCUT2D eigenvalue weighted by Crippen LogP contribution is 2.39. The summed E-state index contributed by atoms with van der Waals surface area (Å²) in [4.78, 5) is 26.0. The number of aromatic amines is 1. The van der Waals surface area contributed by atoms with Crippen LogP contribution in [0.3, 0.4) is 0 Å². The maximum atomic E-state index is 12.6. The summed E-state index contributed by atoms with van der Waals surface area (Å²) >= 11 is 0. The smallest absolute Gasteiger partial charge is 0.274 e. The molecule has 0 radical (unpaired) electrons. The molecule has 7 nitrogen and oxygen atoms in total. The number of hydrogen-bond acceptors (Lipinski definition) is 5. The highest BCUT2D eigenvalue weighted by atomic mass is 16.1. The Kier molecular flexibility index (Phi) is 3.94. The van der Waals surface area contributed by atoms with Crippen molar-refractivity contribution in [1.82, 2.24) is 24.6 Å². The number of aryl methyl sites for hydroxylation is 2. The Labute approximate surface area is 173 Å². The first-order valence-electron chi connectivity index (χ1n) is 10.6. The molecule has 30 heavy (non-hydrogen) atoms. The third-order valence-electron chi connectivity index (χ3n) is 6.21. The van der Waals surface area contributed by atoms with E-state index in [1.54, 1.807) is 18.5 Å². The summed E-state index contributed by atoms with van der Waals surface area (Å²) in [5, 5.41) is 6.61. The lowest BCUT2D eigenvalue weighted by atomic mass is 9.99. The van der Waals surface area contributed by atoms with E-state index in [-0.39, 0.29) is 5.56 Å². The third kappa shape index (κ3) is 2.89. The van der Waals surface area contributed by atoms with Crippen LogP contribution in [0.25, 0.3) is 5.78 Å². The molecule has 6 rings (SSSR count). The highest BCUT2D eigenvalue weighted by Gasteiger charge is 2.24. The van der Waals surface area contributed by atoms with Crippen molar-refractivity contribution < 1.29 is 0 Å². The molecule has 0 fully saturated rings. The molecule has 0 saturated heterocycles. The summed E-state index contributed by atoms with van der Waals surface area (Å²) in [6.07, 6.45) is 11.0. The number of rotatable bonds is 4. The second-order valence-corrected chi connectivity index (χ2v) is 8.19. The number of fused-ring (bicyclic) bond motifs is 3. The molecule has 7 heteroatoms. The molecule has 1 aromatic carbocycles. The molecule has 0 bridgehead atoms. The fourth-order valence-electron chi connectivity index (χ4n) is 4.87. The van der Waals surface area contributed by atoms with Gasteiger partial charge in [-0.3, -0.25) is 14.9 Å². The topological polar surface area (TPSA) is 88.0 Å². The molecule has 0 spiro atoms. The lowest BCUT2D eigenvalue weighted by Gasteiger charge is -2.15. The van der Waals surface area contributed by atoms with Gasteiger partial charge in [0.25, 0.3) is 11.3 Å². The van der Waals surface area contributed by atoms with Crippen LogP contribution in [0.15, 0.2) is 41.5 Å². The molecular weight excluding hydrogens is 376 g/mol. The van der Waals surface area contributed by atoms with Gasteiger partial charge in [-0.05, 0) is 72.4 Å². The van der Waals surface area contributed by atoms with Gasteiger partial charge in [0.05, 0.1) is 5.69 Å². The van der Waals surface area contributed by atoms with E-state index in [0.717, 1.165) is 31.2 Å². The zero-order valence-corrected chi connectivity index (χ0v) is 16.6. The fraction of sp³-hybridized carbons (Fsp3) is 0.304. The minimum atomic E-state index is -0.164. The van der Waals surface area contributed by atoms with Crippen LogP contribution in [-0.4, -0.2) is 24.6 Å². The summed E-state index contributed by atoms with van der Waals surface area (Å²) in [5.41, 5.74) is 8.47. The zero-order valence-electron chi connectivity index (χ0n) is 16.6. The molecule has 3 aromatic heterocycles. The van der Waals surface area contributed by atoms with Gasteiger partial charge in [-0.2, -0.15) is 9.50 Å². The lowest BCUT2D eigenvalue weighted by molar-refractivity contribution is 0.880. The van der Waals surface area contributed by atoms with E-state index >= 15 is 0 Å². The number of anilines is 2. The molecule has 150 valence electrons. The van der Waals surface area contributed by atoms with E-state index in [0.29, 0.717) is 23.8 Å². The molecule has 0 unspecified atom stereocenters. The van der Waals surface area contributed by atoms with Crippen LogP contribution in [0.1, 0.15) is 46.4 Å². The first kappa shape index (κ1) is 17.4. The molecule has 2 aliphatic rings. The number of aromatic nitrogens is 5. The fourth-order valence-corrected chi connectivity index (χ4v) is 4.87. The molecule has 4 aromatic rings. The first-order chi connectivity index (χ1) is 14.7. The van der Waals surface area contributed by atoms with Gasteiger partial charge in [-0.1, -0.05) is 12.1 Å². The quantitative estimate of drug-likeness (QED) is 0.551. The number of hydrogen-bond donors (Lipinski definition) is 2. The largest absolute Gasteiger partial charge is 0.324 e. The second-order valence-electron chi connectivity index (χ2n) is 8.19. The van der Waals surface area contributed by atoms with Crippen LogP contribution >= 0.6 is 0 Å². The Balaban J connectivity index is 1.38. The van der Waals surface area contributed by atoms with Gasteiger partial charge in [-0.25, -0.2) is 4.98 Å². The summed E-state index contributed by atoms with van der Waals surface area (Å²) < 4.78 is 1.40. The monoisotopic (exact) mass is 398 g/mol. The van der Waals surface area contributed by atoms with Crippen LogP contribution < -0.4 is 10.9 Å². The SMILES string of the molecule is O=c1cc(Cc2cccnc2)nc2nc(Nc3c4c(cc5c3CCC5)CCC4)[nH]n12. The summed E-state index contributed by atoms with van der Waals surface area (Å²) in [6, 6.07) is 7.82. The van der Waals surface area contributed by atoms with Gasteiger partial charge in [0.1, 0.15) is 0 Å². The van der Waals surface area contributed by atoms with E-state index in [4.69, 9.17) is 0 Å². The van der Waals surface area contributed by atoms with Gasteiger partial charge < -0.3 is 5.32 Å². The molecule has 2 aliphatic carbocycles. The van der Waals surface area contributed by atoms with Crippen LogP contribution in [-0.2, 0) is 32.1 Å². The standard InChI is InChI=1S/C23H22N6O/c30-20-12-17(10-14-4-3-9-24-13-14)25-23-27-22(28-29(20)23)26-21-18-7-1-5-15(18)11-16-6-2-8-19(16)21/h3-4,9,11-13H,1-2,5-8,10H2,(H2,25,26,27,28). The van der Waals surface area contributed by atoms with Crippen LogP contribution in [0.5, 0.6) is 0 Å². The lowest BCUT2D eigenvalue weighted by Crippen LogP contribution is -2.16. The minimum absolute atomic E-state index is 0.164. The van der Waals surface area contributed by atoms with Gasteiger partial charge in [-0.15, -0.1) is 0 Å². The van der Waals surface area contributed by atoms with Crippen molar-refractivity contribution in [3.8, 4) is 0 Å². The average Bonchev–Trinajstić information content (AvgIpc) is 3.47. The Bertz CT molecular complexity index is 1290. The van der Waals surface area contributed by atoms with E-state index < -0.39 is 0 Å². The summed E-state index contributed by atoms with van der Waals surface area (Å²) in [7, 11) is 0. The Morgan fingerprint density at radius 1 is 1.03 bits per heavy atom. The molecular formula is C23H22N6O. The predicted molar refractivity (Wildman–Crippen MR) is 114 cm³/mol. The number of benzene rings is 1. The van der Waals surface area contributed by atoms with Crippen molar-refractivity contribution in [2.24, 2.45) is 0 Å². The first-order valence-corrected chi connectivity index (χ1v) is 10.6. The minimum Gasteiger partial charge on any atom is -0.324 e. The zero-order chi connectivity index (χ0) is 20.1. The highest BCUT2D eigenvalue weighted by molar-refractivity contribution is 5.70. The molecule has 0 aliphatic heterocycles. The molecule has 2 N–H and O–H groups in total. The second kappa shape index (κ2) is 6.79. The van der Waals surface area contributed by atoms with Crippen LogP contribution in [0.4, 0.5) is 11.6 Å². The molecule has 0 amide bonds. The molecule has 3 heterocycles. The van der Waals surface area contributed by atoms with Crippen LogP contribution in [0, 0.1) is 0 Å². The maximum Gasteiger partial charge on any atom is 0.274 e. The van der Waals surface area contributed by atoms with Crippen molar-refractivity contribution in [2.75, 3.05) is 5.32 Å². The number of nitrogens with zero attached hydrogens (tertiary/aromatic N) is 4. The van der Waals surface area contributed by atoms with E-state index in [2.05, 4.69) is 31.4 Å². The maximum absolute atomic E-state index is 12.6. The Morgan fingerprint density at radius 3 is 2.57 bits per heavy atom. The van der Waals surface area contributed by atoms with Crippen molar-refractivity contribution in [3.63, 3.8) is 0 Å². The van der Waals surface area contributed by atoms with Crippen molar-refractivity contribution >= 4 is 17.4 Å². The van der Waals surface area contributed by atoms with Crippen molar-refractivity contribution in [3.05, 3.63) is 80.5 Å². The van der Waals surface area contributed by atoms with Gasteiger partial charge in [0.2, 0.25) is 5.95 Å². The predicted octanol–water partition coefficient (Wildman–Crippen LogP) is 3.12. The number of pyridine rings is 1. The number of nitrogens with one attached hydrogen (secondary N) is 2. The number of H-pyrrole nitrogens is 1. The summed E-state index contributed by atoms with van der Waals surface area (Å²) in [6.45, 7) is 0. The van der Waals surface area contributed by atoms with Gasteiger partial charge in [0, 0.05) is 30.6 Å². The van der Waals surface area contributed by atoms with E-state index in [1.165, 1.54) is 45.3 Å². The van der Waals surface area contributed by atoms with E-state index in [1.807, 2.05) is 12.1 Å². The molecule has 0 saturated carbocycles.